The lowest BCUT2D eigenvalue weighted by Crippen LogP contribution is -2.43. The highest BCUT2D eigenvalue weighted by Gasteiger charge is 2.22. The first-order valence-corrected chi connectivity index (χ1v) is 12.9. The van der Waals surface area contributed by atoms with Crippen molar-refractivity contribution in [1.29, 1.82) is 0 Å². The molecular weight excluding hydrogens is 504 g/mol. The molecule has 0 saturated heterocycles. The van der Waals surface area contributed by atoms with E-state index in [1.807, 2.05) is 6.07 Å². The van der Waals surface area contributed by atoms with Gasteiger partial charge in [0.25, 0.3) is 15.9 Å². The molecule has 1 unspecified atom stereocenters. The van der Waals surface area contributed by atoms with Crippen LogP contribution in [-0.2, 0) is 14.8 Å². The molecule has 4 N–H and O–H groups in total. The van der Waals surface area contributed by atoms with Crippen molar-refractivity contribution in [2.45, 2.75) is 38.6 Å². The molecule has 0 spiro atoms. The third-order valence-electron chi connectivity index (χ3n) is 5.74. The van der Waals surface area contributed by atoms with E-state index in [1.54, 1.807) is 64.1 Å². The summed E-state index contributed by atoms with van der Waals surface area (Å²) in [7, 11) is -3.87. The van der Waals surface area contributed by atoms with Crippen LogP contribution in [0.1, 0.15) is 32.6 Å². The monoisotopic (exact) mass is 530 g/mol. The van der Waals surface area contributed by atoms with Crippen LogP contribution in [0.5, 0.6) is 0 Å². The van der Waals surface area contributed by atoms with Gasteiger partial charge in [-0.1, -0.05) is 35.9 Å². The minimum absolute atomic E-state index is 0.138. The summed E-state index contributed by atoms with van der Waals surface area (Å²) < 4.78 is 28.7. The number of sulfonamides is 1. The van der Waals surface area contributed by atoms with E-state index < -0.39 is 34.5 Å². The number of carbonyl (C=O) groups is 2. The van der Waals surface area contributed by atoms with Crippen LogP contribution in [-0.4, -0.2) is 43.2 Å². The Morgan fingerprint density at radius 3 is 2.14 bits per heavy atom. The highest BCUT2D eigenvalue weighted by molar-refractivity contribution is 7.92. The predicted molar refractivity (Wildman–Crippen MR) is 139 cm³/mol. The maximum absolute atomic E-state index is 13.1. The highest BCUT2D eigenvalue weighted by Crippen LogP contribution is 2.30. The molecule has 0 heterocycles. The van der Waals surface area contributed by atoms with Crippen LogP contribution in [0.3, 0.4) is 0 Å². The molecule has 190 valence electrons. The fourth-order valence-electron chi connectivity index (χ4n) is 3.92. The number of rotatable bonds is 8. The fourth-order valence-corrected chi connectivity index (χ4v) is 5.50. The minimum Gasteiger partial charge on any atom is -0.480 e. The molecule has 10 heteroatoms. The van der Waals surface area contributed by atoms with Crippen LogP contribution < -0.4 is 10.0 Å². The number of aliphatic hydroxyl groups excluding tert-OH is 1. The van der Waals surface area contributed by atoms with Crippen molar-refractivity contribution >= 4 is 39.2 Å². The Morgan fingerprint density at radius 2 is 1.56 bits per heavy atom. The molecule has 0 aromatic heterocycles. The normalized spacial score (nSPS) is 12.2. The summed E-state index contributed by atoms with van der Waals surface area (Å²) in [5, 5.41) is 21.1. The summed E-state index contributed by atoms with van der Waals surface area (Å²) in [4.78, 5) is 23.9. The molecule has 1 atom stereocenters. The third-order valence-corrected chi connectivity index (χ3v) is 7.67. The number of halogens is 1. The number of carboxylic acids is 1. The molecule has 3 aromatic rings. The van der Waals surface area contributed by atoms with Gasteiger partial charge < -0.3 is 15.5 Å². The lowest BCUT2D eigenvalue weighted by molar-refractivity contribution is -0.140. The van der Waals surface area contributed by atoms with E-state index in [-0.39, 0.29) is 4.90 Å². The smallest absolute Gasteiger partial charge is 0.328 e. The van der Waals surface area contributed by atoms with Gasteiger partial charge in [-0.2, -0.15) is 0 Å². The second-order valence-corrected chi connectivity index (χ2v) is 10.6. The molecule has 36 heavy (non-hydrogen) atoms. The highest BCUT2D eigenvalue weighted by atomic mass is 35.5. The zero-order valence-electron chi connectivity index (χ0n) is 20.2. The van der Waals surface area contributed by atoms with Crippen molar-refractivity contribution in [3.05, 3.63) is 81.4 Å². The quantitative estimate of drug-likeness (QED) is 0.345. The van der Waals surface area contributed by atoms with Gasteiger partial charge in [0.2, 0.25) is 0 Å². The van der Waals surface area contributed by atoms with Gasteiger partial charge in [-0.25, -0.2) is 13.2 Å². The number of amides is 1. The van der Waals surface area contributed by atoms with Gasteiger partial charge in [0.05, 0.1) is 11.5 Å². The lowest BCUT2D eigenvalue weighted by atomic mass is 9.95. The van der Waals surface area contributed by atoms with Crippen molar-refractivity contribution in [2.75, 3.05) is 11.3 Å². The Morgan fingerprint density at radius 1 is 0.917 bits per heavy atom. The van der Waals surface area contributed by atoms with E-state index in [0.29, 0.717) is 38.5 Å². The number of aliphatic carboxylic acids is 1. The molecule has 8 nitrogen and oxygen atoms in total. The zero-order chi connectivity index (χ0) is 26.8. The first-order chi connectivity index (χ1) is 16.8. The van der Waals surface area contributed by atoms with Crippen LogP contribution in [0.15, 0.2) is 53.4 Å². The summed E-state index contributed by atoms with van der Waals surface area (Å²) in [6, 6.07) is 12.1. The molecule has 3 aromatic carbocycles. The van der Waals surface area contributed by atoms with Gasteiger partial charge in [0, 0.05) is 16.3 Å². The van der Waals surface area contributed by atoms with Gasteiger partial charge in [-0.05, 0) is 85.3 Å². The zero-order valence-corrected chi connectivity index (χ0v) is 21.8. The van der Waals surface area contributed by atoms with Gasteiger partial charge >= 0.3 is 5.97 Å². The van der Waals surface area contributed by atoms with Gasteiger partial charge in [-0.3, -0.25) is 9.52 Å². The largest absolute Gasteiger partial charge is 0.480 e. The standard InChI is InChI=1S/C26H27ClN2O6S/c1-14-11-23(15(2)10-21(14)27)36(34,35)29-20-7-5-6-18(12-20)19-8-16(3)24(17(4)9-19)25(31)28-22(13-30)26(32)33/h5-12,22,29-30H,13H2,1-4H3,(H,28,31)(H,32,33). The number of hydrogen-bond acceptors (Lipinski definition) is 5. The number of carbonyl (C=O) groups excluding carboxylic acids is 1. The number of aryl methyl sites for hydroxylation is 4. The number of nitrogens with one attached hydrogen (secondary N) is 2. The van der Waals surface area contributed by atoms with E-state index in [9.17, 15) is 23.1 Å². The maximum Gasteiger partial charge on any atom is 0.328 e. The third kappa shape index (κ3) is 5.87. The van der Waals surface area contributed by atoms with E-state index in [2.05, 4.69) is 10.0 Å². The molecular formula is C26H27ClN2O6S. The Hall–Kier alpha value is -3.40. The summed E-state index contributed by atoms with van der Waals surface area (Å²) in [5.41, 5.74) is 4.52. The van der Waals surface area contributed by atoms with Crippen LogP contribution >= 0.6 is 11.6 Å². The molecule has 1 amide bonds. The van der Waals surface area contributed by atoms with Gasteiger partial charge in [0.1, 0.15) is 0 Å². The van der Waals surface area contributed by atoms with E-state index in [4.69, 9.17) is 16.7 Å². The van der Waals surface area contributed by atoms with Crippen molar-refractivity contribution < 1.29 is 28.2 Å². The lowest BCUT2D eigenvalue weighted by Gasteiger charge is -2.16. The summed E-state index contributed by atoms with van der Waals surface area (Å²) in [6.07, 6.45) is 0. The van der Waals surface area contributed by atoms with E-state index >= 15 is 0 Å². The van der Waals surface area contributed by atoms with Crippen LogP contribution in [0, 0.1) is 27.7 Å². The Kier molecular flexibility index (Phi) is 8.08. The molecule has 0 bridgehead atoms. The first-order valence-electron chi connectivity index (χ1n) is 11.0. The number of anilines is 1. The van der Waals surface area contributed by atoms with Gasteiger partial charge in [-0.15, -0.1) is 0 Å². The number of aliphatic hydroxyl groups is 1. The van der Waals surface area contributed by atoms with Crippen LogP contribution in [0.2, 0.25) is 5.02 Å². The summed E-state index contributed by atoms with van der Waals surface area (Å²) in [5.74, 6) is -1.94. The molecule has 0 aliphatic rings. The van der Waals surface area contributed by atoms with Gasteiger partial charge in [0.15, 0.2) is 6.04 Å². The SMILES string of the molecule is Cc1cc(S(=O)(=O)Nc2cccc(-c3cc(C)c(C(=O)NC(CO)C(=O)O)c(C)c3)c2)c(C)cc1Cl. The summed E-state index contributed by atoms with van der Waals surface area (Å²) >= 11 is 6.11. The first kappa shape index (κ1) is 27.2. The molecule has 0 aliphatic carbocycles. The topological polar surface area (TPSA) is 133 Å². The van der Waals surface area contributed by atoms with Crippen molar-refractivity contribution in [2.24, 2.45) is 0 Å². The predicted octanol–water partition coefficient (Wildman–Crippen LogP) is 4.22. The minimum atomic E-state index is -3.87. The van der Waals surface area contributed by atoms with Crippen molar-refractivity contribution in [3.8, 4) is 11.1 Å². The molecule has 0 aliphatic heterocycles. The van der Waals surface area contributed by atoms with E-state index in [1.165, 1.54) is 6.07 Å². The van der Waals surface area contributed by atoms with Crippen molar-refractivity contribution in [1.82, 2.24) is 5.32 Å². The average Bonchev–Trinajstić information content (AvgIpc) is 2.78. The average molecular weight is 531 g/mol. The second-order valence-electron chi connectivity index (χ2n) is 8.59. The molecule has 0 fully saturated rings. The number of carboxylic acid groups (broad SMARTS) is 1. The Bertz CT molecular complexity index is 1430. The number of benzene rings is 3. The molecule has 3 rings (SSSR count). The fraction of sp³-hybridized carbons (Fsp3) is 0.231. The summed E-state index contributed by atoms with van der Waals surface area (Å²) in [6.45, 7) is 6.13. The van der Waals surface area contributed by atoms with Crippen LogP contribution in [0.25, 0.3) is 11.1 Å². The Labute approximate surface area is 215 Å². The van der Waals surface area contributed by atoms with Crippen LogP contribution in [0.4, 0.5) is 5.69 Å². The van der Waals surface area contributed by atoms with E-state index in [0.717, 1.165) is 11.1 Å². The second kappa shape index (κ2) is 10.7. The molecule has 0 saturated carbocycles. The Balaban J connectivity index is 1.92. The number of hydrogen-bond donors (Lipinski definition) is 4. The molecule has 0 radical (unpaired) electrons. The van der Waals surface area contributed by atoms with Crippen molar-refractivity contribution in [3.63, 3.8) is 0 Å². The maximum atomic E-state index is 13.1.